The van der Waals surface area contributed by atoms with Crippen LogP contribution in [0.1, 0.15) is 50.6 Å². The Balaban J connectivity index is 0.00000450. The molecule has 1 aromatic heterocycles. The number of nitrogens with one attached hydrogen (secondary N) is 2. The summed E-state index contributed by atoms with van der Waals surface area (Å²) in [5.41, 5.74) is 3.68. The zero-order chi connectivity index (χ0) is 21.4. The Hall–Kier alpha value is -0.870. The predicted octanol–water partition coefficient (Wildman–Crippen LogP) is 2.89. The first-order chi connectivity index (χ1) is 13.9. The molecule has 1 fully saturated rings. The molecule has 0 amide bonds. The highest BCUT2D eigenvalue weighted by atomic mass is 127. The van der Waals surface area contributed by atoms with Crippen molar-refractivity contribution < 1.29 is 4.74 Å². The normalized spacial score (nSPS) is 17.5. The van der Waals surface area contributed by atoms with E-state index >= 15 is 0 Å². The number of nitrogens with zero attached hydrogens (tertiary/aromatic N) is 4. The lowest BCUT2D eigenvalue weighted by atomic mass is 9.92. The fraction of sp³-hybridized carbons (Fsp3) is 0.818. The van der Waals surface area contributed by atoms with Crippen molar-refractivity contribution in [1.82, 2.24) is 25.3 Å². The van der Waals surface area contributed by atoms with Gasteiger partial charge in [-0.3, -0.25) is 14.6 Å². The number of aliphatic imine (C=N–C) groups is 1. The molecule has 1 saturated heterocycles. The monoisotopic (exact) mass is 534 g/mol. The molecule has 174 valence electrons. The summed E-state index contributed by atoms with van der Waals surface area (Å²) < 4.78 is 7.53. The Bertz CT molecular complexity index is 652. The highest BCUT2D eigenvalue weighted by Gasteiger charge is 2.27. The molecule has 2 rings (SSSR count). The maximum Gasteiger partial charge on any atom is 0.191 e. The summed E-state index contributed by atoms with van der Waals surface area (Å²) in [7, 11) is 3.86. The van der Waals surface area contributed by atoms with Crippen molar-refractivity contribution in [3.63, 3.8) is 0 Å². The van der Waals surface area contributed by atoms with E-state index in [0.29, 0.717) is 12.0 Å². The van der Waals surface area contributed by atoms with Crippen LogP contribution in [0.2, 0.25) is 0 Å². The number of guanidine groups is 1. The molecule has 1 aliphatic heterocycles. The van der Waals surface area contributed by atoms with Crippen molar-refractivity contribution >= 4 is 29.9 Å². The lowest BCUT2D eigenvalue weighted by Crippen LogP contribution is -2.54. The number of aryl methyl sites for hydroxylation is 2. The van der Waals surface area contributed by atoms with E-state index in [1.807, 2.05) is 18.8 Å². The summed E-state index contributed by atoms with van der Waals surface area (Å²) in [6.07, 6.45) is 3.33. The topological polar surface area (TPSA) is 66.7 Å². The zero-order valence-corrected chi connectivity index (χ0v) is 22.3. The molecule has 2 N–H and O–H groups in total. The Morgan fingerprint density at radius 3 is 2.33 bits per heavy atom. The van der Waals surface area contributed by atoms with Gasteiger partial charge in [-0.25, -0.2) is 0 Å². The van der Waals surface area contributed by atoms with Gasteiger partial charge in [0, 0.05) is 51.5 Å². The lowest BCUT2D eigenvalue weighted by Gasteiger charge is -2.39. The van der Waals surface area contributed by atoms with Crippen molar-refractivity contribution in [2.45, 2.75) is 66.0 Å². The highest BCUT2D eigenvalue weighted by molar-refractivity contribution is 14.0. The number of rotatable bonds is 9. The zero-order valence-electron chi connectivity index (χ0n) is 20.0. The molecule has 0 aliphatic carbocycles. The predicted molar refractivity (Wildman–Crippen MR) is 136 cm³/mol. The maximum atomic E-state index is 5.57. The first-order valence-electron chi connectivity index (χ1n) is 11.2. The average molecular weight is 535 g/mol. The third-order valence-electron chi connectivity index (χ3n) is 6.36. The fourth-order valence-electron chi connectivity index (χ4n) is 4.44. The molecule has 1 aliphatic rings. The first-order valence-corrected chi connectivity index (χ1v) is 11.2. The number of hydrogen-bond acceptors (Lipinski definition) is 4. The van der Waals surface area contributed by atoms with Crippen LogP contribution in [0, 0.1) is 19.8 Å². The highest BCUT2D eigenvalue weighted by Crippen LogP contribution is 2.19. The summed E-state index contributed by atoms with van der Waals surface area (Å²) in [6, 6.07) is 0.781. The van der Waals surface area contributed by atoms with Gasteiger partial charge in [-0.15, -0.1) is 24.0 Å². The molecule has 1 aromatic rings. The van der Waals surface area contributed by atoms with Gasteiger partial charge in [0.1, 0.15) is 0 Å². The van der Waals surface area contributed by atoms with Crippen molar-refractivity contribution in [3.05, 3.63) is 17.0 Å². The van der Waals surface area contributed by atoms with E-state index in [1.54, 1.807) is 0 Å². The van der Waals surface area contributed by atoms with E-state index in [9.17, 15) is 0 Å². The van der Waals surface area contributed by atoms with Crippen LogP contribution in [-0.4, -0.2) is 72.6 Å². The number of morpholine rings is 1. The molecule has 8 heteroatoms. The van der Waals surface area contributed by atoms with Crippen LogP contribution in [0.4, 0.5) is 0 Å². The minimum absolute atomic E-state index is 0. The van der Waals surface area contributed by atoms with Crippen LogP contribution in [0.5, 0.6) is 0 Å². The van der Waals surface area contributed by atoms with Crippen LogP contribution >= 0.6 is 24.0 Å². The third kappa shape index (κ3) is 7.37. The van der Waals surface area contributed by atoms with Gasteiger partial charge in [-0.2, -0.15) is 5.10 Å². The van der Waals surface area contributed by atoms with Crippen molar-refractivity contribution in [2.75, 3.05) is 39.9 Å². The Morgan fingerprint density at radius 1 is 1.20 bits per heavy atom. The van der Waals surface area contributed by atoms with Gasteiger partial charge in [0.2, 0.25) is 0 Å². The Morgan fingerprint density at radius 2 is 1.83 bits per heavy atom. The molecule has 2 unspecified atom stereocenters. The van der Waals surface area contributed by atoms with E-state index in [1.165, 1.54) is 24.1 Å². The molecule has 2 heterocycles. The summed E-state index contributed by atoms with van der Waals surface area (Å²) in [5.74, 6) is 1.55. The quantitative estimate of drug-likeness (QED) is 0.290. The van der Waals surface area contributed by atoms with Crippen LogP contribution in [-0.2, 0) is 18.2 Å². The van der Waals surface area contributed by atoms with E-state index in [2.05, 4.69) is 60.2 Å². The van der Waals surface area contributed by atoms with Crippen LogP contribution in [0.25, 0.3) is 0 Å². The van der Waals surface area contributed by atoms with Gasteiger partial charge in [0.15, 0.2) is 5.96 Å². The van der Waals surface area contributed by atoms with Gasteiger partial charge in [-0.1, -0.05) is 26.7 Å². The van der Waals surface area contributed by atoms with Crippen molar-refractivity contribution in [1.29, 1.82) is 0 Å². The smallest absolute Gasteiger partial charge is 0.191 e. The van der Waals surface area contributed by atoms with Gasteiger partial charge in [0.05, 0.1) is 18.9 Å². The summed E-state index contributed by atoms with van der Waals surface area (Å²) in [4.78, 5) is 7.07. The molecule has 7 nitrogen and oxygen atoms in total. The molecule has 0 spiro atoms. The second-order valence-electron chi connectivity index (χ2n) is 8.27. The van der Waals surface area contributed by atoms with Gasteiger partial charge < -0.3 is 15.4 Å². The number of hydrogen-bond donors (Lipinski definition) is 2. The van der Waals surface area contributed by atoms with Crippen molar-refractivity contribution in [3.8, 4) is 0 Å². The first kappa shape index (κ1) is 27.2. The number of halogens is 1. The maximum absolute atomic E-state index is 5.57. The third-order valence-corrected chi connectivity index (χ3v) is 6.36. The van der Waals surface area contributed by atoms with Gasteiger partial charge >= 0.3 is 0 Å². The molecule has 0 radical (unpaired) electrons. The standard InChI is InChI=1S/C22H42N6O.HI/c1-8-19(9-2)21(28-10-12-29-13-11-28)15-24-22(23-6)25-16(3)14-20-17(4)26-27(7)18(20)5;/h16,19,21H,8-15H2,1-7H3,(H2,23,24,25);1H. The summed E-state index contributed by atoms with van der Waals surface area (Å²) in [5, 5.41) is 11.7. The fourth-order valence-corrected chi connectivity index (χ4v) is 4.44. The minimum Gasteiger partial charge on any atom is -0.379 e. The van der Waals surface area contributed by atoms with Crippen LogP contribution in [0.15, 0.2) is 4.99 Å². The molecule has 0 aromatic carbocycles. The SMILES string of the molecule is CCC(CC)C(CNC(=NC)NC(C)Cc1c(C)nn(C)c1C)N1CCOCC1.I. The largest absolute Gasteiger partial charge is 0.379 e. The van der Waals surface area contributed by atoms with E-state index in [4.69, 9.17) is 4.74 Å². The van der Waals surface area contributed by atoms with E-state index in [0.717, 1.165) is 50.9 Å². The second kappa shape index (κ2) is 13.5. The molecule has 0 bridgehead atoms. The Labute approximate surface area is 200 Å². The van der Waals surface area contributed by atoms with Crippen LogP contribution < -0.4 is 10.6 Å². The van der Waals surface area contributed by atoms with Crippen molar-refractivity contribution in [2.24, 2.45) is 18.0 Å². The average Bonchev–Trinajstić information content (AvgIpc) is 2.96. The summed E-state index contributed by atoms with van der Waals surface area (Å²) in [6.45, 7) is 15.7. The second-order valence-corrected chi connectivity index (χ2v) is 8.27. The molecule has 0 saturated carbocycles. The lowest BCUT2D eigenvalue weighted by molar-refractivity contribution is 0.00271. The summed E-state index contributed by atoms with van der Waals surface area (Å²) >= 11 is 0. The van der Waals surface area contributed by atoms with Gasteiger partial charge in [0.25, 0.3) is 0 Å². The van der Waals surface area contributed by atoms with E-state index in [-0.39, 0.29) is 30.0 Å². The van der Waals surface area contributed by atoms with Gasteiger partial charge in [-0.05, 0) is 38.7 Å². The van der Waals surface area contributed by atoms with E-state index < -0.39 is 0 Å². The molecular formula is C22H43IN6O. The molecular weight excluding hydrogens is 491 g/mol. The number of aromatic nitrogens is 2. The molecule has 30 heavy (non-hydrogen) atoms. The number of ether oxygens (including phenoxy) is 1. The molecule has 2 atom stereocenters. The minimum atomic E-state index is 0. The van der Waals surface area contributed by atoms with Crippen LogP contribution in [0.3, 0.4) is 0 Å². The Kier molecular flexibility index (Phi) is 12.2.